The third kappa shape index (κ3) is 2.25. The summed E-state index contributed by atoms with van der Waals surface area (Å²) in [5.74, 6) is 1.57. The number of amides is 1. The molecule has 2 aromatic heterocycles. The summed E-state index contributed by atoms with van der Waals surface area (Å²) in [6.45, 7) is 2.70. The molecule has 1 amide bonds. The van der Waals surface area contributed by atoms with E-state index in [2.05, 4.69) is 19.9 Å². The van der Waals surface area contributed by atoms with Gasteiger partial charge in [-0.15, -0.1) is 0 Å². The molecular weight excluding hydrogens is 244 g/mol. The van der Waals surface area contributed by atoms with Gasteiger partial charge in [-0.25, -0.2) is 9.97 Å². The molecule has 1 aliphatic rings. The second-order valence-corrected chi connectivity index (χ2v) is 4.68. The van der Waals surface area contributed by atoms with Crippen molar-refractivity contribution >= 4 is 5.91 Å². The fourth-order valence-electron chi connectivity index (χ4n) is 2.44. The van der Waals surface area contributed by atoms with Crippen LogP contribution in [-0.4, -0.2) is 26.5 Å². The predicted molar refractivity (Wildman–Crippen MR) is 67.7 cm³/mol. The summed E-state index contributed by atoms with van der Waals surface area (Å²) in [6, 6.07) is 0.121. The number of carbonyl (C=O) groups is 1. The summed E-state index contributed by atoms with van der Waals surface area (Å²) in [6.07, 6.45) is 7.52. The summed E-state index contributed by atoms with van der Waals surface area (Å²) in [7, 11) is 0. The van der Waals surface area contributed by atoms with Gasteiger partial charge in [-0.3, -0.25) is 4.79 Å². The number of aromatic nitrogens is 3. The average molecular weight is 260 g/mol. The van der Waals surface area contributed by atoms with Gasteiger partial charge in [0.05, 0.1) is 0 Å². The Kier molecular flexibility index (Phi) is 3.06. The molecule has 1 N–H and O–H groups in total. The van der Waals surface area contributed by atoms with Gasteiger partial charge in [0.15, 0.2) is 12.1 Å². The van der Waals surface area contributed by atoms with E-state index < -0.39 is 0 Å². The lowest BCUT2D eigenvalue weighted by molar-refractivity contribution is 0.0921. The number of fused-ring (bicyclic) bond motifs is 1. The van der Waals surface area contributed by atoms with Crippen LogP contribution in [0, 0.1) is 0 Å². The average Bonchev–Trinajstić information content (AvgIpc) is 3.06. The normalized spacial score (nSPS) is 18.1. The van der Waals surface area contributed by atoms with Crippen LogP contribution in [0.1, 0.15) is 35.4 Å². The van der Waals surface area contributed by atoms with Gasteiger partial charge < -0.3 is 14.3 Å². The lowest BCUT2D eigenvalue weighted by Crippen LogP contribution is -2.41. The molecule has 19 heavy (non-hydrogen) atoms. The molecule has 0 aromatic carbocycles. The first-order valence-electron chi connectivity index (χ1n) is 6.51. The number of imidazole rings is 1. The molecule has 0 radical (unpaired) electrons. The predicted octanol–water partition coefficient (Wildman–Crippen LogP) is 1.18. The standard InChI is InChI=1S/C13H16N4O2/c1-2-10-12(15-8-19-10)13(18)16-9-3-4-11-14-5-6-17(11)7-9/h5-6,8-9H,2-4,7H2,1H3,(H,16,18)/t9-/m0/s1. The topological polar surface area (TPSA) is 73.0 Å². The second-order valence-electron chi connectivity index (χ2n) is 4.68. The van der Waals surface area contributed by atoms with Crippen molar-refractivity contribution in [2.24, 2.45) is 0 Å². The molecule has 0 saturated heterocycles. The monoisotopic (exact) mass is 260 g/mol. The number of rotatable bonds is 3. The van der Waals surface area contributed by atoms with Gasteiger partial charge >= 0.3 is 0 Å². The number of oxazole rings is 1. The van der Waals surface area contributed by atoms with Gasteiger partial charge in [0.25, 0.3) is 5.91 Å². The number of carbonyl (C=O) groups excluding carboxylic acids is 1. The lowest BCUT2D eigenvalue weighted by Gasteiger charge is -2.24. The Hall–Kier alpha value is -2.11. The molecule has 6 nitrogen and oxygen atoms in total. The summed E-state index contributed by atoms with van der Waals surface area (Å²) in [4.78, 5) is 20.4. The minimum atomic E-state index is -0.154. The minimum absolute atomic E-state index is 0.121. The molecule has 1 atom stereocenters. The van der Waals surface area contributed by atoms with E-state index in [0.29, 0.717) is 17.9 Å². The lowest BCUT2D eigenvalue weighted by atomic mass is 10.1. The molecule has 3 rings (SSSR count). The molecule has 2 aromatic rings. The highest BCUT2D eigenvalue weighted by Gasteiger charge is 2.23. The van der Waals surface area contributed by atoms with Crippen LogP contribution in [0.4, 0.5) is 0 Å². The van der Waals surface area contributed by atoms with Crippen molar-refractivity contribution in [3.05, 3.63) is 36.1 Å². The van der Waals surface area contributed by atoms with Crippen molar-refractivity contribution in [1.29, 1.82) is 0 Å². The Morgan fingerprint density at radius 2 is 2.47 bits per heavy atom. The maximum Gasteiger partial charge on any atom is 0.273 e. The molecule has 0 spiro atoms. The Balaban J connectivity index is 1.68. The largest absolute Gasteiger partial charge is 0.448 e. The number of aryl methyl sites for hydroxylation is 2. The maximum absolute atomic E-state index is 12.1. The van der Waals surface area contributed by atoms with Crippen LogP contribution < -0.4 is 5.32 Å². The Morgan fingerprint density at radius 1 is 1.58 bits per heavy atom. The van der Waals surface area contributed by atoms with Crippen LogP contribution >= 0.6 is 0 Å². The molecular formula is C13H16N4O2. The number of nitrogens with zero attached hydrogens (tertiary/aromatic N) is 3. The second kappa shape index (κ2) is 4.87. The first-order chi connectivity index (χ1) is 9.28. The van der Waals surface area contributed by atoms with E-state index in [-0.39, 0.29) is 11.9 Å². The van der Waals surface area contributed by atoms with Crippen LogP contribution in [0.3, 0.4) is 0 Å². The quantitative estimate of drug-likeness (QED) is 0.899. The van der Waals surface area contributed by atoms with Crippen LogP contribution in [-0.2, 0) is 19.4 Å². The minimum Gasteiger partial charge on any atom is -0.448 e. The van der Waals surface area contributed by atoms with E-state index in [4.69, 9.17) is 4.42 Å². The molecule has 0 unspecified atom stereocenters. The Morgan fingerprint density at radius 3 is 3.32 bits per heavy atom. The first kappa shape index (κ1) is 12.0. The number of nitrogens with one attached hydrogen (secondary N) is 1. The number of hydrogen-bond acceptors (Lipinski definition) is 4. The van der Waals surface area contributed by atoms with Gasteiger partial charge in [-0.05, 0) is 6.42 Å². The van der Waals surface area contributed by atoms with Crippen molar-refractivity contribution in [3.63, 3.8) is 0 Å². The third-order valence-corrected chi connectivity index (χ3v) is 3.45. The molecule has 6 heteroatoms. The molecule has 0 aliphatic carbocycles. The highest BCUT2D eigenvalue weighted by atomic mass is 16.3. The summed E-state index contributed by atoms with van der Waals surface area (Å²) < 4.78 is 7.26. The molecule has 3 heterocycles. The maximum atomic E-state index is 12.1. The van der Waals surface area contributed by atoms with Gasteiger partial charge in [-0.2, -0.15) is 0 Å². The zero-order valence-electron chi connectivity index (χ0n) is 10.8. The highest BCUT2D eigenvalue weighted by molar-refractivity contribution is 5.93. The molecule has 0 fully saturated rings. The molecule has 0 saturated carbocycles. The SMILES string of the molecule is CCc1ocnc1C(=O)N[C@H]1CCc2nccn2C1. The van der Waals surface area contributed by atoms with Crippen molar-refractivity contribution in [2.45, 2.75) is 38.8 Å². The van der Waals surface area contributed by atoms with Crippen molar-refractivity contribution in [2.75, 3.05) is 0 Å². The van der Waals surface area contributed by atoms with Gasteiger partial charge in [0.2, 0.25) is 0 Å². The zero-order chi connectivity index (χ0) is 13.2. The highest BCUT2D eigenvalue weighted by Crippen LogP contribution is 2.14. The summed E-state index contributed by atoms with van der Waals surface area (Å²) >= 11 is 0. The first-order valence-corrected chi connectivity index (χ1v) is 6.51. The molecule has 100 valence electrons. The van der Waals surface area contributed by atoms with Crippen LogP contribution in [0.15, 0.2) is 23.2 Å². The van der Waals surface area contributed by atoms with Crippen molar-refractivity contribution in [3.8, 4) is 0 Å². The van der Waals surface area contributed by atoms with E-state index in [0.717, 1.165) is 25.2 Å². The van der Waals surface area contributed by atoms with E-state index in [1.807, 2.05) is 13.1 Å². The van der Waals surface area contributed by atoms with Crippen molar-refractivity contribution < 1.29 is 9.21 Å². The molecule has 1 aliphatic heterocycles. The van der Waals surface area contributed by atoms with E-state index in [1.165, 1.54) is 6.39 Å². The fraction of sp³-hybridized carbons (Fsp3) is 0.462. The van der Waals surface area contributed by atoms with E-state index >= 15 is 0 Å². The smallest absolute Gasteiger partial charge is 0.273 e. The van der Waals surface area contributed by atoms with Crippen LogP contribution in [0.5, 0.6) is 0 Å². The van der Waals surface area contributed by atoms with E-state index in [1.54, 1.807) is 6.20 Å². The Bertz CT molecular complexity index is 587. The van der Waals surface area contributed by atoms with Gasteiger partial charge in [0, 0.05) is 37.8 Å². The number of hydrogen-bond donors (Lipinski definition) is 1. The molecule has 0 bridgehead atoms. The summed E-state index contributed by atoms with van der Waals surface area (Å²) in [5, 5.41) is 3.02. The summed E-state index contributed by atoms with van der Waals surface area (Å²) in [5.41, 5.74) is 0.402. The third-order valence-electron chi connectivity index (χ3n) is 3.45. The Labute approximate surface area is 110 Å². The zero-order valence-corrected chi connectivity index (χ0v) is 10.8. The van der Waals surface area contributed by atoms with Crippen LogP contribution in [0.2, 0.25) is 0 Å². The van der Waals surface area contributed by atoms with Crippen LogP contribution in [0.25, 0.3) is 0 Å². The van der Waals surface area contributed by atoms with Gasteiger partial charge in [0.1, 0.15) is 11.6 Å². The van der Waals surface area contributed by atoms with E-state index in [9.17, 15) is 4.79 Å². The van der Waals surface area contributed by atoms with Crippen molar-refractivity contribution in [1.82, 2.24) is 19.9 Å². The fourth-order valence-corrected chi connectivity index (χ4v) is 2.44. The van der Waals surface area contributed by atoms with Gasteiger partial charge in [-0.1, -0.05) is 6.92 Å².